The van der Waals surface area contributed by atoms with Gasteiger partial charge in [0.1, 0.15) is 13.2 Å². The van der Waals surface area contributed by atoms with Crippen LogP contribution < -0.4 is 15.2 Å². The van der Waals surface area contributed by atoms with Crippen molar-refractivity contribution in [2.45, 2.75) is 19.1 Å². The second-order valence-electron chi connectivity index (χ2n) is 5.25. The highest BCUT2D eigenvalue weighted by Crippen LogP contribution is 2.42. The summed E-state index contributed by atoms with van der Waals surface area (Å²) in [5.41, 5.74) is 7.06. The summed E-state index contributed by atoms with van der Waals surface area (Å²) in [6.07, 6.45) is 0.00755. The first-order valence-electron chi connectivity index (χ1n) is 7.39. The Balaban J connectivity index is 1.98. The molecule has 0 saturated carbocycles. The van der Waals surface area contributed by atoms with E-state index in [9.17, 15) is 0 Å². The Hall–Kier alpha value is -0.820. The van der Waals surface area contributed by atoms with E-state index in [1.165, 1.54) is 0 Å². The second kappa shape index (κ2) is 6.52. The number of benzene rings is 1. The predicted octanol–water partition coefficient (Wildman–Crippen LogP) is 1.94. The maximum atomic E-state index is 5.90. The third-order valence-corrected chi connectivity index (χ3v) is 4.64. The third-order valence-electron chi connectivity index (χ3n) is 4.06. The average molecular weight is 357 g/mol. The summed E-state index contributed by atoms with van der Waals surface area (Å²) in [6, 6.07) is 4.31. The molecule has 1 aromatic carbocycles. The third kappa shape index (κ3) is 2.90. The molecule has 0 aliphatic carbocycles. The highest BCUT2D eigenvalue weighted by atomic mass is 79.9. The number of halogens is 1. The maximum Gasteiger partial charge on any atom is 0.175 e. The van der Waals surface area contributed by atoms with E-state index in [0.717, 1.165) is 41.2 Å². The van der Waals surface area contributed by atoms with Gasteiger partial charge in [0.2, 0.25) is 0 Å². The van der Waals surface area contributed by atoms with Gasteiger partial charge in [-0.1, -0.05) is 6.92 Å². The van der Waals surface area contributed by atoms with Gasteiger partial charge in [-0.25, -0.2) is 0 Å². The van der Waals surface area contributed by atoms with Crippen molar-refractivity contribution in [3.63, 3.8) is 0 Å². The van der Waals surface area contributed by atoms with E-state index in [0.29, 0.717) is 19.8 Å². The van der Waals surface area contributed by atoms with Crippen LogP contribution in [-0.2, 0) is 4.74 Å². The molecule has 0 radical (unpaired) electrons. The Kier molecular flexibility index (Phi) is 4.69. The Morgan fingerprint density at radius 2 is 2.10 bits per heavy atom. The van der Waals surface area contributed by atoms with E-state index in [2.05, 4.69) is 39.9 Å². The summed E-state index contributed by atoms with van der Waals surface area (Å²) in [6.45, 7) is 6.47. The monoisotopic (exact) mass is 356 g/mol. The fraction of sp³-hybridized carbons (Fsp3) is 0.600. The van der Waals surface area contributed by atoms with Crippen molar-refractivity contribution in [3.8, 4) is 11.5 Å². The summed E-state index contributed by atoms with van der Waals surface area (Å²) >= 11 is 3.59. The van der Waals surface area contributed by atoms with E-state index in [1.807, 2.05) is 0 Å². The molecule has 1 saturated heterocycles. The standard InChI is InChI=1S/C15H21BrN2O3/c1-2-18-3-4-19-13(9-17)14(18)10-7-11(16)15-12(8-10)20-5-6-21-15/h7-8,13-14H,2-6,9,17H2,1H3. The van der Waals surface area contributed by atoms with Gasteiger partial charge in [0.15, 0.2) is 11.5 Å². The van der Waals surface area contributed by atoms with E-state index in [4.69, 9.17) is 19.9 Å². The van der Waals surface area contributed by atoms with Crippen LogP contribution in [0, 0.1) is 0 Å². The van der Waals surface area contributed by atoms with Crippen molar-refractivity contribution in [1.82, 2.24) is 4.90 Å². The Morgan fingerprint density at radius 1 is 1.29 bits per heavy atom. The lowest BCUT2D eigenvalue weighted by Crippen LogP contribution is -2.48. The number of ether oxygens (including phenoxy) is 3. The number of nitrogens with zero attached hydrogens (tertiary/aromatic N) is 1. The van der Waals surface area contributed by atoms with Crippen LogP contribution in [0.25, 0.3) is 0 Å². The van der Waals surface area contributed by atoms with Crippen molar-refractivity contribution in [2.75, 3.05) is 39.5 Å². The molecule has 1 fully saturated rings. The Labute approximate surface area is 133 Å². The van der Waals surface area contributed by atoms with E-state index in [-0.39, 0.29) is 12.1 Å². The highest BCUT2D eigenvalue weighted by Gasteiger charge is 2.33. The molecule has 2 N–H and O–H groups in total. The van der Waals surface area contributed by atoms with Gasteiger partial charge in [-0.05, 0) is 40.2 Å². The number of fused-ring (bicyclic) bond motifs is 1. The molecule has 2 aliphatic heterocycles. The fourth-order valence-corrected chi connectivity index (χ4v) is 3.64. The van der Waals surface area contributed by atoms with Crippen molar-refractivity contribution < 1.29 is 14.2 Å². The van der Waals surface area contributed by atoms with Gasteiger partial charge in [0, 0.05) is 13.1 Å². The first kappa shape index (κ1) is 15.1. The number of hydrogen-bond acceptors (Lipinski definition) is 5. The quantitative estimate of drug-likeness (QED) is 0.896. The first-order chi connectivity index (χ1) is 10.2. The first-order valence-corrected chi connectivity index (χ1v) is 8.18. The second-order valence-corrected chi connectivity index (χ2v) is 6.10. The lowest BCUT2D eigenvalue weighted by Gasteiger charge is -2.41. The molecule has 2 aliphatic rings. The lowest BCUT2D eigenvalue weighted by molar-refractivity contribution is -0.0659. The van der Waals surface area contributed by atoms with E-state index in [1.54, 1.807) is 0 Å². The molecule has 0 aromatic heterocycles. The largest absolute Gasteiger partial charge is 0.486 e. The zero-order valence-corrected chi connectivity index (χ0v) is 13.8. The average Bonchev–Trinajstić information content (AvgIpc) is 2.54. The van der Waals surface area contributed by atoms with Crippen LogP contribution in [0.3, 0.4) is 0 Å². The molecular weight excluding hydrogens is 336 g/mol. The molecular formula is C15H21BrN2O3. The minimum Gasteiger partial charge on any atom is -0.486 e. The van der Waals surface area contributed by atoms with Crippen LogP contribution in [-0.4, -0.2) is 50.5 Å². The van der Waals surface area contributed by atoms with Gasteiger partial charge in [-0.2, -0.15) is 0 Å². The molecule has 3 rings (SSSR count). The van der Waals surface area contributed by atoms with Crippen LogP contribution in [0.15, 0.2) is 16.6 Å². The SMILES string of the molecule is CCN1CCOC(CN)C1c1cc(Br)c2c(c1)OCCO2. The molecule has 0 spiro atoms. The molecule has 6 heteroatoms. The zero-order valence-electron chi connectivity index (χ0n) is 12.2. The molecule has 5 nitrogen and oxygen atoms in total. The van der Waals surface area contributed by atoms with E-state index >= 15 is 0 Å². The fourth-order valence-electron chi connectivity index (χ4n) is 3.07. The van der Waals surface area contributed by atoms with Crippen LogP contribution in [0.1, 0.15) is 18.5 Å². The minimum atomic E-state index is 0.00755. The lowest BCUT2D eigenvalue weighted by atomic mass is 9.97. The van der Waals surface area contributed by atoms with Crippen molar-refractivity contribution in [1.29, 1.82) is 0 Å². The predicted molar refractivity (Wildman–Crippen MR) is 83.9 cm³/mol. The summed E-state index contributed by atoms with van der Waals surface area (Å²) in [4.78, 5) is 2.40. The Bertz CT molecular complexity index is 500. The molecule has 1 aromatic rings. The van der Waals surface area contributed by atoms with Gasteiger partial charge in [0.25, 0.3) is 0 Å². The normalized spacial score (nSPS) is 25.9. The number of nitrogens with two attached hydrogens (primary N) is 1. The molecule has 0 bridgehead atoms. The molecule has 2 heterocycles. The Morgan fingerprint density at radius 3 is 2.86 bits per heavy atom. The van der Waals surface area contributed by atoms with Crippen LogP contribution in [0.5, 0.6) is 11.5 Å². The summed E-state index contributed by atoms with van der Waals surface area (Å²) < 4.78 is 18.2. The van der Waals surface area contributed by atoms with Crippen LogP contribution in [0.2, 0.25) is 0 Å². The molecule has 2 unspecified atom stereocenters. The van der Waals surface area contributed by atoms with Gasteiger partial charge >= 0.3 is 0 Å². The highest BCUT2D eigenvalue weighted by molar-refractivity contribution is 9.10. The van der Waals surface area contributed by atoms with Gasteiger partial charge in [-0.3, -0.25) is 4.90 Å². The minimum absolute atomic E-state index is 0.00755. The molecule has 0 amide bonds. The van der Waals surface area contributed by atoms with E-state index < -0.39 is 0 Å². The van der Waals surface area contributed by atoms with Gasteiger partial charge in [0.05, 0.1) is 23.2 Å². The number of morpholine rings is 1. The molecule has 116 valence electrons. The smallest absolute Gasteiger partial charge is 0.175 e. The zero-order chi connectivity index (χ0) is 14.8. The van der Waals surface area contributed by atoms with Crippen molar-refractivity contribution in [2.24, 2.45) is 5.73 Å². The maximum absolute atomic E-state index is 5.90. The number of hydrogen-bond donors (Lipinski definition) is 1. The topological polar surface area (TPSA) is 57.0 Å². The molecule has 21 heavy (non-hydrogen) atoms. The summed E-state index contributed by atoms with van der Waals surface area (Å²) in [5.74, 6) is 1.58. The van der Waals surface area contributed by atoms with Crippen molar-refractivity contribution in [3.05, 3.63) is 22.2 Å². The number of rotatable bonds is 3. The summed E-state index contributed by atoms with van der Waals surface area (Å²) in [5, 5.41) is 0. The van der Waals surface area contributed by atoms with Crippen LogP contribution in [0.4, 0.5) is 0 Å². The van der Waals surface area contributed by atoms with Gasteiger partial charge < -0.3 is 19.9 Å². The number of likely N-dealkylation sites (N-methyl/N-ethyl adjacent to an activating group) is 1. The van der Waals surface area contributed by atoms with Crippen LogP contribution >= 0.6 is 15.9 Å². The van der Waals surface area contributed by atoms with Crippen molar-refractivity contribution >= 4 is 15.9 Å². The van der Waals surface area contributed by atoms with Gasteiger partial charge in [-0.15, -0.1) is 0 Å². The molecule has 2 atom stereocenters. The summed E-state index contributed by atoms with van der Waals surface area (Å²) in [7, 11) is 0.